The van der Waals surface area contributed by atoms with Crippen LogP contribution >= 0.6 is 0 Å². The summed E-state index contributed by atoms with van der Waals surface area (Å²) in [6.45, 7) is 0. The first-order valence-electron chi connectivity index (χ1n) is 9.45. The van der Waals surface area contributed by atoms with Crippen LogP contribution < -0.4 is 0 Å². The number of benzene rings is 5. The fourth-order valence-electron chi connectivity index (χ4n) is 4.02. The predicted octanol–water partition coefficient (Wildman–Crippen LogP) is 3.65. The van der Waals surface area contributed by atoms with E-state index in [2.05, 4.69) is 95.7 Å². The van der Waals surface area contributed by atoms with E-state index >= 15 is 0 Å². The predicted molar refractivity (Wildman–Crippen MR) is 130 cm³/mol. The monoisotopic (exact) mass is 386 g/mol. The molecule has 0 amide bonds. The van der Waals surface area contributed by atoms with E-state index in [4.69, 9.17) is 0 Å². The summed E-state index contributed by atoms with van der Waals surface area (Å²) in [5.74, 6) is 6.63. The maximum absolute atomic E-state index is 3.35. The Morgan fingerprint density at radius 2 is 1.04 bits per heavy atom. The Hall–Kier alpha value is -3.31. The summed E-state index contributed by atoms with van der Waals surface area (Å²) in [6.07, 6.45) is 0. The van der Waals surface area contributed by atoms with Gasteiger partial charge in [-0.2, -0.15) is 0 Å². The van der Waals surface area contributed by atoms with Crippen LogP contribution in [0.4, 0.5) is 0 Å². The second-order valence-corrected chi connectivity index (χ2v) is 8.06. The molecule has 0 heterocycles. The first-order valence-corrected chi connectivity index (χ1v) is 11.5. The fraction of sp³-hybridized carbons (Fsp3) is 0. The van der Waals surface area contributed by atoms with Gasteiger partial charge in [-0.05, 0) is 85.6 Å². The Morgan fingerprint density at radius 1 is 0.500 bits per heavy atom. The second-order valence-electron chi connectivity index (χ2n) is 7.06. The Balaban J connectivity index is 1.88. The zero-order valence-electron chi connectivity index (χ0n) is 15.9. The Labute approximate surface area is 170 Å². The lowest BCUT2D eigenvalue weighted by Gasteiger charge is -2.09. The van der Waals surface area contributed by atoms with Crippen LogP contribution in [0.15, 0.2) is 72.8 Å². The molecule has 0 N–H and O–H groups in total. The molecule has 0 unspecified atom stereocenters. The molecule has 0 atom stereocenters. The van der Waals surface area contributed by atoms with Crippen LogP contribution in [-0.4, -0.2) is 20.5 Å². The number of fused-ring (bicyclic) bond motifs is 4. The highest BCUT2D eigenvalue weighted by Gasteiger charge is 2.08. The van der Waals surface area contributed by atoms with Crippen LogP contribution in [0.3, 0.4) is 0 Å². The molecule has 0 aliphatic rings. The van der Waals surface area contributed by atoms with Gasteiger partial charge in [0.2, 0.25) is 0 Å². The summed E-state index contributed by atoms with van der Waals surface area (Å²) in [5.41, 5.74) is 8.50. The molecule has 130 valence electrons. The van der Waals surface area contributed by atoms with Gasteiger partial charge < -0.3 is 0 Å². The van der Waals surface area contributed by atoms with Gasteiger partial charge in [0.1, 0.15) is 0 Å². The molecule has 0 aliphatic carbocycles. The molecule has 0 saturated carbocycles. The molecule has 5 aromatic rings. The van der Waals surface area contributed by atoms with E-state index in [1.807, 2.05) is 0 Å². The quantitative estimate of drug-likeness (QED) is 0.216. The normalized spacial score (nSPS) is 10.9. The molecule has 0 saturated heterocycles. The van der Waals surface area contributed by atoms with Gasteiger partial charge in [0, 0.05) is 11.1 Å². The summed E-state index contributed by atoms with van der Waals surface area (Å²) in [4.78, 5) is 0. The molecule has 0 aromatic heterocycles. The average Bonchev–Trinajstić information content (AvgIpc) is 2.71. The first kappa shape index (κ1) is 16.8. The van der Waals surface area contributed by atoms with Crippen LogP contribution in [0.5, 0.6) is 0 Å². The summed E-state index contributed by atoms with van der Waals surface area (Å²) >= 11 is 0. The lowest BCUT2D eigenvalue weighted by atomic mass is 9.94. The van der Waals surface area contributed by atoms with E-state index in [-0.39, 0.29) is 0 Å². The van der Waals surface area contributed by atoms with Crippen molar-refractivity contribution in [2.45, 2.75) is 0 Å². The molecule has 0 fully saturated rings. The SMILES string of the molecule is [SiH3]C#Cc1ccc2cc3cc4cc5ccccc5cc4cc3cc2c1C#C[SiH3]. The third-order valence-corrected chi connectivity index (χ3v) is 5.81. The van der Waals surface area contributed by atoms with Crippen molar-refractivity contribution in [3.8, 4) is 22.9 Å². The summed E-state index contributed by atoms with van der Waals surface area (Å²) in [7, 11) is 1.74. The zero-order valence-corrected chi connectivity index (χ0v) is 19.9. The topological polar surface area (TPSA) is 0 Å². The second kappa shape index (κ2) is 6.69. The van der Waals surface area contributed by atoms with E-state index in [9.17, 15) is 0 Å². The summed E-state index contributed by atoms with van der Waals surface area (Å²) in [5, 5.41) is 10.1. The molecule has 0 radical (unpaired) electrons. The lowest BCUT2D eigenvalue weighted by molar-refractivity contribution is 1.66. The van der Waals surface area contributed by atoms with Crippen molar-refractivity contribution < 1.29 is 0 Å². The van der Waals surface area contributed by atoms with E-state index in [0.717, 1.165) is 31.6 Å². The van der Waals surface area contributed by atoms with Gasteiger partial charge in [0.25, 0.3) is 0 Å². The molecule has 0 bridgehead atoms. The minimum Gasteiger partial charge on any atom is -0.138 e. The zero-order chi connectivity index (χ0) is 19.1. The fourth-order valence-corrected chi connectivity index (χ4v) is 4.54. The Kier molecular flexibility index (Phi) is 4.03. The highest BCUT2D eigenvalue weighted by Crippen LogP contribution is 2.32. The van der Waals surface area contributed by atoms with Crippen LogP contribution in [0.25, 0.3) is 43.1 Å². The largest absolute Gasteiger partial charge is 0.138 e. The van der Waals surface area contributed by atoms with E-state index < -0.39 is 0 Å². The van der Waals surface area contributed by atoms with Crippen LogP contribution in [0, 0.1) is 22.9 Å². The van der Waals surface area contributed by atoms with Crippen LogP contribution in [-0.2, 0) is 0 Å². The van der Waals surface area contributed by atoms with Crippen molar-refractivity contribution in [2.75, 3.05) is 0 Å². The van der Waals surface area contributed by atoms with Crippen molar-refractivity contribution in [2.24, 2.45) is 0 Å². The van der Waals surface area contributed by atoms with Gasteiger partial charge in [0.05, 0.1) is 20.5 Å². The molecule has 5 aromatic carbocycles. The molecule has 0 spiro atoms. The van der Waals surface area contributed by atoms with Crippen LogP contribution in [0.2, 0.25) is 0 Å². The van der Waals surface area contributed by atoms with Crippen molar-refractivity contribution in [1.29, 1.82) is 0 Å². The third-order valence-electron chi connectivity index (χ3n) is 5.31. The minimum absolute atomic E-state index is 0.866. The number of hydrogen-bond acceptors (Lipinski definition) is 0. The maximum Gasteiger partial charge on any atom is 0.0911 e. The van der Waals surface area contributed by atoms with Gasteiger partial charge in [-0.3, -0.25) is 0 Å². The van der Waals surface area contributed by atoms with Gasteiger partial charge in [-0.1, -0.05) is 42.2 Å². The highest BCUT2D eigenvalue weighted by atomic mass is 28.1. The van der Waals surface area contributed by atoms with Crippen molar-refractivity contribution >= 4 is 63.6 Å². The molecular formula is C26H18Si2. The Morgan fingerprint density at radius 3 is 1.64 bits per heavy atom. The van der Waals surface area contributed by atoms with Gasteiger partial charge >= 0.3 is 0 Å². The first-order chi connectivity index (χ1) is 13.8. The summed E-state index contributed by atoms with van der Waals surface area (Å²) < 4.78 is 0. The minimum atomic E-state index is 0.866. The maximum atomic E-state index is 3.35. The average molecular weight is 387 g/mol. The van der Waals surface area contributed by atoms with Gasteiger partial charge in [-0.15, -0.1) is 11.1 Å². The standard InChI is InChI=1S/C26H18Si2/c27-9-7-17-5-6-20-13-23-14-21-11-18-3-1-2-4-19(18)12-22(21)15-24(23)16-26(20)25(17)8-10-28/h1-6,11-16H,27-28H3. The molecular weight excluding hydrogens is 368 g/mol. The van der Waals surface area contributed by atoms with Crippen molar-refractivity contribution in [3.05, 3.63) is 83.9 Å². The van der Waals surface area contributed by atoms with E-state index in [1.165, 1.54) is 43.1 Å². The molecule has 28 heavy (non-hydrogen) atoms. The lowest BCUT2D eigenvalue weighted by Crippen LogP contribution is -1.88. The highest BCUT2D eigenvalue weighted by molar-refractivity contribution is 6.23. The van der Waals surface area contributed by atoms with E-state index in [1.54, 1.807) is 0 Å². The summed E-state index contributed by atoms with van der Waals surface area (Å²) in [6, 6.07) is 26.6. The molecule has 0 aliphatic heterocycles. The van der Waals surface area contributed by atoms with Gasteiger partial charge in [0.15, 0.2) is 0 Å². The third kappa shape index (κ3) is 2.72. The Bertz CT molecular complexity index is 1540. The molecule has 2 heteroatoms. The van der Waals surface area contributed by atoms with Crippen molar-refractivity contribution in [1.82, 2.24) is 0 Å². The number of hydrogen-bond donors (Lipinski definition) is 0. The van der Waals surface area contributed by atoms with Crippen LogP contribution in [0.1, 0.15) is 11.1 Å². The van der Waals surface area contributed by atoms with E-state index in [0.29, 0.717) is 0 Å². The smallest absolute Gasteiger partial charge is 0.0911 e. The molecule has 0 nitrogen and oxygen atoms in total. The van der Waals surface area contributed by atoms with Crippen molar-refractivity contribution in [3.63, 3.8) is 0 Å². The molecule has 5 rings (SSSR count). The van der Waals surface area contributed by atoms with Gasteiger partial charge in [-0.25, -0.2) is 0 Å². The number of rotatable bonds is 0.